The molecule has 62 valence electrons. The van der Waals surface area contributed by atoms with Gasteiger partial charge in [-0.25, -0.2) is 0 Å². The van der Waals surface area contributed by atoms with Gasteiger partial charge in [-0.1, -0.05) is 6.42 Å². The second-order valence-electron chi connectivity index (χ2n) is 2.85. The fourth-order valence-electron chi connectivity index (χ4n) is 1.55. The molecule has 0 aromatic rings. The van der Waals surface area contributed by atoms with E-state index in [0.29, 0.717) is 0 Å². The van der Waals surface area contributed by atoms with Gasteiger partial charge in [0.15, 0.2) is 0 Å². The lowest BCUT2D eigenvalue weighted by atomic mass is 10.4. The van der Waals surface area contributed by atoms with Crippen LogP contribution in [0.4, 0.5) is 0 Å². The summed E-state index contributed by atoms with van der Waals surface area (Å²) in [6.07, 6.45) is 4.12. The Kier molecular flexibility index (Phi) is 2.76. The van der Waals surface area contributed by atoms with E-state index in [9.17, 15) is 0 Å². The summed E-state index contributed by atoms with van der Waals surface area (Å²) in [6, 6.07) is 0. The fraction of sp³-hybridized carbons (Fsp3) is 0.714. The van der Waals surface area contributed by atoms with Gasteiger partial charge in [0.25, 0.3) is 0 Å². The smallest absolute Gasteiger partial charge is 0.0572 e. The van der Waals surface area contributed by atoms with E-state index in [1.54, 1.807) is 0 Å². The standard InChI is InChI=1S/C7H10S4/c8-6-7(9)11-5-3-1-2-4(5)10-6/h4-5,8-9H,1-3H2. The molecule has 0 saturated heterocycles. The summed E-state index contributed by atoms with van der Waals surface area (Å²) in [5.41, 5.74) is 0. The highest BCUT2D eigenvalue weighted by molar-refractivity contribution is 8.24. The van der Waals surface area contributed by atoms with Crippen molar-refractivity contribution in [2.75, 3.05) is 0 Å². The summed E-state index contributed by atoms with van der Waals surface area (Å²) >= 11 is 12.6. The van der Waals surface area contributed by atoms with Gasteiger partial charge in [0, 0.05) is 10.5 Å². The summed E-state index contributed by atoms with van der Waals surface area (Å²) in [4.78, 5) is 0. The van der Waals surface area contributed by atoms with E-state index in [4.69, 9.17) is 0 Å². The third-order valence-electron chi connectivity index (χ3n) is 2.10. The molecule has 0 N–H and O–H groups in total. The summed E-state index contributed by atoms with van der Waals surface area (Å²) < 4.78 is 2.25. The summed E-state index contributed by atoms with van der Waals surface area (Å²) in [6.45, 7) is 0. The molecule has 2 atom stereocenters. The first-order valence-electron chi connectivity index (χ1n) is 3.73. The van der Waals surface area contributed by atoms with Crippen LogP contribution in [-0.4, -0.2) is 10.5 Å². The van der Waals surface area contributed by atoms with E-state index in [2.05, 4.69) is 25.3 Å². The fourth-order valence-corrected chi connectivity index (χ4v) is 5.22. The van der Waals surface area contributed by atoms with Gasteiger partial charge in [-0.2, -0.15) is 0 Å². The van der Waals surface area contributed by atoms with Gasteiger partial charge in [-0.05, 0) is 12.8 Å². The van der Waals surface area contributed by atoms with Crippen molar-refractivity contribution in [3.63, 3.8) is 0 Å². The molecule has 0 aromatic carbocycles. The van der Waals surface area contributed by atoms with E-state index < -0.39 is 0 Å². The molecule has 1 fully saturated rings. The SMILES string of the molecule is SC1=C(S)SC2CCCC2S1. The maximum absolute atomic E-state index is 4.38. The van der Waals surface area contributed by atoms with Gasteiger partial charge in [-0.3, -0.25) is 0 Å². The molecule has 0 nitrogen and oxygen atoms in total. The van der Waals surface area contributed by atoms with Crippen molar-refractivity contribution >= 4 is 48.8 Å². The van der Waals surface area contributed by atoms with E-state index in [-0.39, 0.29) is 0 Å². The average Bonchev–Trinajstić information content (AvgIpc) is 2.36. The Hall–Kier alpha value is 1.14. The lowest BCUT2D eigenvalue weighted by molar-refractivity contribution is 0.891. The molecule has 1 aliphatic carbocycles. The maximum atomic E-state index is 4.38. The molecule has 1 heterocycles. The van der Waals surface area contributed by atoms with Crippen LogP contribution in [0.25, 0.3) is 0 Å². The molecule has 0 aromatic heterocycles. The molecule has 11 heavy (non-hydrogen) atoms. The molecule has 0 radical (unpaired) electrons. The normalized spacial score (nSPS) is 37.6. The van der Waals surface area contributed by atoms with Crippen LogP contribution in [0.2, 0.25) is 0 Å². The Morgan fingerprint density at radius 1 is 1.00 bits per heavy atom. The molecule has 1 saturated carbocycles. The van der Waals surface area contributed by atoms with Crippen molar-refractivity contribution in [1.82, 2.24) is 0 Å². The molecule has 2 unspecified atom stereocenters. The van der Waals surface area contributed by atoms with Crippen molar-refractivity contribution < 1.29 is 0 Å². The largest absolute Gasteiger partial charge is 0.135 e. The average molecular weight is 222 g/mol. The zero-order valence-corrected chi connectivity index (χ0v) is 9.41. The molecule has 0 bridgehead atoms. The molecular weight excluding hydrogens is 212 g/mol. The topological polar surface area (TPSA) is 0 Å². The van der Waals surface area contributed by atoms with Crippen molar-refractivity contribution in [1.29, 1.82) is 0 Å². The maximum Gasteiger partial charge on any atom is 0.0572 e. The first-order valence-corrected chi connectivity index (χ1v) is 6.38. The molecule has 4 heteroatoms. The van der Waals surface area contributed by atoms with Crippen LogP contribution >= 0.6 is 48.8 Å². The van der Waals surface area contributed by atoms with E-state index in [1.807, 2.05) is 23.5 Å². The van der Waals surface area contributed by atoms with Crippen LogP contribution in [-0.2, 0) is 0 Å². The van der Waals surface area contributed by atoms with Crippen LogP contribution in [0, 0.1) is 0 Å². The third kappa shape index (κ3) is 1.74. The molecular formula is C7H10S4. The van der Waals surface area contributed by atoms with E-state index >= 15 is 0 Å². The van der Waals surface area contributed by atoms with Crippen molar-refractivity contribution in [3.8, 4) is 0 Å². The van der Waals surface area contributed by atoms with Crippen LogP contribution in [0.5, 0.6) is 0 Å². The zero-order valence-electron chi connectivity index (χ0n) is 5.99. The molecule has 0 amide bonds. The highest BCUT2D eigenvalue weighted by Crippen LogP contribution is 2.51. The van der Waals surface area contributed by atoms with Crippen LogP contribution in [0.15, 0.2) is 8.47 Å². The third-order valence-corrected chi connectivity index (χ3v) is 6.55. The molecule has 1 aliphatic heterocycles. The minimum atomic E-state index is 0.823. The second-order valence-corrected chi connectivity index (χ2v) is 6.85. The van der Waals surface area contributed by atoms with Gasteiger partial charge in [0.1, 0.15) is 0 Å². The Bertz CT molecular complexity index is 179. The first kappa shape index (κ1) is 8.73. The monoisotopic (exact) mass is 222 g/mol. The van der Waals surface area contributed by atoms with Crippen LogP contribution in [0.1, 0.15) is 19.3 Å². The minimum Gasteiger partial charge on any atom is -0.135 e. The van der Waals surface area contributed by atoms with Gasteiger partial charge in [-0.15, -0.1) is 48.8 Å². The molecule has 2 aliphatic rings. The quantitative estimate of drug-likeness (QED) is 0.603. The van der Waals surface area contributed by atoms with Crippen molar-refractivity contribution in [2.45, 2.75) is 29.8 Å². The lowest BCUT2D eigenvalue weighted by Gasteiger charge is -2.24. The minimum absolute atomic E-state index is 0.823. The predicted octanol–water partition coefficient (Wildman–Crippen LogP) is 3.37. The number of hydrogen-bond donors (Lipinski definition) is 2. The van der Waals surface area contributed by atoms with Gasteiger partial charge >= 0.3 is 0 Å². The first-order chi connectivity index (χ1) is 5.27. The summed E-state index contributed by atoms with van der Waals surface area (Å²) in [5, 5.41) is 1.65. The predicted molar refractivity (Wildman–Crippen MR) is 61.6 cm³/mol. The highest BCUT2D eigenvalue weighted by atomic mass is 32.2. The van der Waals surface area contributed by atoms with Crippen molar-refractivity contribution in [2.24, 2.45) is 0 Å². The van der Waals surface area contributed by atoms with Crippen molar-refractivity contribution in [3.05, 3.63) is 8.47 Å². The van der Waals surface area contributed by atoms with Crippen LogP contribution < -0.4 is 0 Å². The lowest BCUT2D eigenvalue weighted by Crippen LogP contribution is -2.14. The Morgan fingerprint density at radius 3 is 1.91 bits per heavy atom. The Balaban J connectivity index is 2.14. The van der Waals surface area contributed by atoms with Crippen LogP contribution in [0.3, 0.4) is 0 Å². The molecule has 0 spiro atoms. The van der Waals surface area contributed by atoms with Gasteiger partial charge in [0.2, 0.25) is 0 Å². The number of fused-ring (bicyclic) bond motifs is 1. The second kappa shape index (κ2) is 3.48. The Labute approximate surface area is 86.8 Å². The molecule has 2 rings (SSSR count). The zero-order chi connectivity index (χ0) is 7.84. The summed E-state index contributed by atoms with van der Waals surface area (Å²) in [5.74, 6) is 0. The van der Waals surface area contributed by atoms with E-state index in [0.717, 1.165) is 19.0 Å². The number of thioether (sulfide) groups is 2. The summed E-state index contributed by atoms with van der Waals surface area (Å²) in [7, 11) is 0. The Morgan fingerprint density at radius 2 is 1.45 bits per heavy atom. The van der Waals surface area contributed by atoms with Gasteiger partial charge in [0.05, 0.1) is 8.47 Å². The highest BCUT2D eigenvalue weighted by Gasteiger charge is 2.33. The van der Waals surface area contributed by atoms with Gasteiger partial charge < -0.3 is 0 Å². The van der Waals surface area contributed by atoms with E-state index in [1.165, 1.54) is 19.3 Å². The number of rotatable bonds is 0. The number of hydrogen-bond acceptors (Lipinski definition) is 4. The number of thiol groups is 2.